The molecule has 0 aliphatic heterocycles. The number of primary amides is 1. The van der Waals surface area contributed by atoms with E-state index in [0.29, 0.717) is 17.3 Å². The quantitative estimate of drug-likeness (QED) is 0.721. The molecular weight excluding hydrogens is 230 g/mol. The van der Waals surface area contributed by atoms with Crippen LogP contribution >= 0.6 is 0 Å². The predicted molar refractivity (Wildman–Crippen MR) is 69.2 cm³/mol. The monoisotopic (exact) mass is 247 g/mol. The zero-order chi connectivity index (χ0) is 13.1. The molecule has 1 unspecified atom stereocenters. The van der Waals surface area contributed by atoms with Crippen molar-refractivity contribution < 1.29 is 9.59 Å². The summed E-state index contributed by atoms with van der Waals surface area (Å²) in [6.45, 7) is 1.79. The molecule has 18 heavy (non-hydrogen) atoms. The molecule has 0 aromatic heterocycles. The van der Waals surface area contributed by atoms with E-state index < -0.39 is 5.91 Å². The van der Waals surface area contributed by atoms with Crippen molar-refractivity contribution in [2.24, 2.45) is 5.73 Å². The van der Waals surface area contributed by atoms with Crippen LogP contribution in [0.3, 0.4) is 0 Å². The fourth-order valence-corrected chi connectivity index (χ4v) is 1.63. The zero-order valence-corrected chi connectivity index (χ0v) is 10.3. The average molecular weight is 247 g/mol. The third-order valence-corrected chi connectivity index (χ3v) is 2.85. The van der Waals surface area contributed by atoms with Gasteiger partial charge < -0.3 is 16.4 Å². The first-order valence-electron chi connectivity index (χ1n) is 6.03. The molecule has 1 aromatic carbocycles. The summed E-state index contributed by atoms with van der Waals surface area (Å²) in [5.74, 6) is -0.504. The fraction of sp³-hybridized carbons (Fsp3) is 0.385. The molecule has 96 valence electrons. The van der Waals surface area contributed by atoms with Crippen LogP contribution in [0, 0.1) is 0 Å². The highest BCUT2D eigenvalue weighted by molar-refractivity contribution is 5.94. The van der Waals surface area contributed by atoms with E-state index in [4.69, 9.17) is 5.73 Å². The largest absolute Gasteiger partial charge is 0.374 e. The van der Waals surface area contributed by atoms with E-state index in [1.807, 2.05) is 0 Å². The molecule has 2 amide bonds. The summed E-state index contributed by atoms with van der Waals surface area (Å²) in [5.41, 5.74) is 6.34. The molecule has 0 spiro atoms. The number of rotatable bonds is 5. The lowest BCUT2D eigenvalue weighted by molar-refractivity contribution is -0.121. The van der Waals surface area contributed by atoms with Crippen molar-refractivity contribution in [3.05, 3.63) is 29.8 Å². The molecule has 2 rings (SSSR count). The Morgan fingerprint density at radius 1 is 1.39 bits per heavy atom. The number of benzene rings is 1. The van der Waals surface area contributed by atoms with Crippen LogP contribution in [0.5, 0.6) is 0 Å². The number of nitrogens with one attached hydrogen (secondary N) is 2. The Morgan fingerprint density at radius 3 is 2.72 bits per heavy atom. The molecule has 1 atom stereocenters. The summed E-state index contributed by atoms with van der Waals surface area (Å²) in [6, 6.07) is 6.82. The minimum atomic E-state index is -0.478. The lowest BCUT2D eigenvalue weighted by atomic mass is 10.2. The Balaban J connectivity index is 1.96. The number of nitrogens with two attached hydrogens (primary N) is 1. The van der Waals surface area contributed by atoms with Crippen molar-refractivity contribution in [3.63, 3.8) is 0 Å². The third kappa shape index (κ3) is 3.23. The molecule has 5 heteroatoms. The van der Waals surface area contributed by atoms with E-state index in [-0.39, 0.29) is 11.9 Å². The Kier molecular flexibility index (Phi) is 3.50. The second-order valence-electron chi connectivity index (χ2n) is 4.59. The van der Waals surface area contributed by atoms with Gasteiger partial charge in [0.15, 0.2) is 0 Å². The summed E-state index contributed by atoms with van der Waals surface area (Å²) in [6.07, 6.45) is 2.13. The standard InChI is InChI=1S/C13H17N3O2/c1-8(13(18)16-10-5-6-10)15-11-4-2-3-9(7-11)12(14)17/h2-4,7-8,10,15H,5-6H2,1H3,(H2,14,17)(H,16,18). The maximum atomic E-state index is 11.8. The van der Waals surface area contributed by atoms with Crippen molar-refractivity contribution in [1.29, 1.82) is 0 Å². The van der Waals surface area contributed by atoms with Crippen molar-refractivity contribution in [2.75, 3.05) is 5.32 Å². The fourth-order valence-electron chi connectivity index (χ4n) is 1.63. The van der Waals surface area contributed by atoms with Crippen LogP contribution in [-0.4, -0.2) is 23.9 Å². The van der Waals surface area contributed by atoms with Crippen molar-refractivity contribution >= 4 is 17.5 Å². The second-order valence-corrected chi connectivity index (χ2v) is 4.59. The van der Waals surface area contributed by atoms with Gasteiger partial charge in [0.2, 0.25) is 11.8 Å². The minimum Gasteiger partial charge on any atom is -0.374 e. The molecule has 5 nitrogen and oxygen atoms in total. The summed E-state index contributed by atoms with van der Waals surface area (Å²) < 4.78 is 0. The average Bonchev–Trinajstić information content (AvgIpc) is 3.13. The van der Waals surface area contributed by atoms with Crippen LogP contribution in [0.1, 0.15) is 30.1 Å². The normalized spacial score (nSPS) is 15.8. The Bertz CT molecular complexity index is 469. The maximum Gasteiger partial charge on any atom is 0.248 e. The SMILES string of the molecule is CC(Nc1cccc(C(N)=O)c1)C(=O)NC1CC1. The second kappa shape index (κ2) is 5.08. The van der Waals surface area contributed by atoms with Crippen LogP contribution in [0.25, 0.3) is 0 Å². The highest BCUT2D eigenvalue weighted by atomic mass is 16.2. The highest BCUT2D eigenvalue weighted by Gasteiger charge is 2.25. The third-order valence-electron chi connectivity index (χ3n) is 2.85. The Morgan fingerprint density at radius 2 is 2.11 bits per heavy atom. The van der Waals surface area contributed by atoms with Crippen molar-refractivity contribution in [1.82, 2.24) is 5.32 Å². The van der Waals surface area contributed by atoms with Gasteiger partial charge in [-0.15, -0.1) is 0 Å². The molecule has 4 N–H and O–H groups in total. The van der Waals surface area contributed by atoms with Gasteiger partial charge in [-0.1, -0.05) is 6.07 Å². The van der Waals surface area contributed by atoms with Gasteiger partial charge >= 0.3 is 0 Å². The van der Waals surface area contributed by atoms with Gasteiger partial charge in [0, 0.05) is 17.3 Å². The summed E-state index contributed by atoms with van der Waals surface area (Å²) in [5, 5.41) is 5.97. The molecule has 0 bridgehead atoms. The van der Waals surface area contributed by atoms with Crippen LogP contribution < -0.4 is 16.4 Å². The molecule has 1 aliphatic rings. The number of amides is 2. The van der Waals surface area contributed by atoms with Gasteiger partial charge in [-0.3, -0.25) is 9.59 Å². The first kappa shape index (κ1) is 12.4. The number of carbonyl (C=O) groups is 2. The molecule has 0 saturated heterocycles. The first-order valence-corrected chi connectivity index (χ1v) is 6.03. The van der Waals surface area contributed by atoms with E-state index >= 15 is 0 Å². The lowest BCUT2D eigenvalue weighted by Crippen LogP contribution is -2.38. The van der Waals surface area contributed by atoms with Crippen LogP contribution in [0.2, 0.25) is 0 Å². The Labute approximate surface area is 106 Å². The van der Waals surface area contributed by atoms with Gasteiger partial charge in [0.05, 0.1) is 0 Å². The first-order chi connectivity index (χ1) is 8.56. The molecule has 1 aliphatic carbocycles. The number of carbonyl (C=O) groups excluding carboxylic acids is 2. The molecule has 0 heterocycles. The lowest BCUT2D eigenvalue weighted by Gasteiger charge is -2.15. The van der Waals surface area contributed by atoms with Crippen LogP contribution in [0.15, 0.2) is 24.3 Å². The minimum absolute atomic E-state index is 0.0259. The number of anilines is 1. The molecule has 0 radical (unpaired) electrons. The summed E-state index contributed by atoms with van der Waals surface area (Å²) in [7, 11) is 0. The summed E-state index contributed by atoms with van der Waals surface area (Å²) >= 11 is 0. The van der Waals surface area contributed by atoms with E-state index in [2.05, 4.69) is 10.6 Å². The van der Waals surface area contributed by atoms with E-state index in [1.54, 1.807) is 31.2 Å². The van der Waals surface area contributed by atoms with Gasteiger partial charge in [-0.25, -0.2) is 0 Å². The van der Waals surface area contributed by atoms with Gasteiger partial charge in [-0.05, 0) is 38.0 Å². The number of hydrogen-bond acceptors (Lipinski definition) is 3. The zero-order valence-electron chi connectivity index (χ0n) is 10.3. The molecule has 1 saturated carbocycles. The topological polar surface area (TPSA) is 84.2 Å². The van der Waals surface area contributed by atoms with Crippen molar-refractivity contribution in [2.45, 2.75) is 31.8 Å². The predicted octanol–water partition coefficient (Wildman–Crippen LogP) is 0.864. The molecule has 1 fully saturated rings. The van der Waals surface area contributed by atoms with Gasteiger partial charge in [0.25, 0.3) is 0 Å². The van der Waals surface area contributed by atoms with E-state index in [0.717, 1.165) is 12.8 Å². The van der Waals surface area contributed by atoms with E-state index in [1.165, 1.54) is 0 Å². The highest BCUT2D eigenvalue weighted by Crippen LogP contribution is 2.19. The van der Waals surface area contributed by atoms with E-state index in [9.17, 15) is 9.59 Å². The van der Waals surface area contributed by atoms with Crippen LogP contribution in [0.4, 0.5) is 5.69 Å². The van der Waals surface area contributed by atoms with Gasteiger partial charge in [0.1, 0.15) is 6.04 Å². The smallest absolute Gasteiger partial charge is 0.248 e. The molecule has 1 aromatic rings. The van der Waals surface area contributed by atoms with Gasteiger partial charge in [-0.2, -0.15) is 0 Å². The maximum absolute atomic E-state index is 11.8. The Hall–Kier alpha value is -2.04. The van der Waals surface area contributed by atoms with Crippen molar-refractivity contribution in [3.8, 4) is 0 Å². The summed E-state index contributed by atoms with van der Waals surface area (Å²) in [4.78, 5) is 22.8. The molecular formula is C13H17N3O2. The van der Waals surface area contributed by atoms with Crippen LogP contribution in [-0.2, 0) is 4.79 Å². The number of hydrogen-bond donors (Lipinski definition) is 3.